The van der Waals surface area contributed by atoms with Crippen molar-refractivity contribution in [3.63, 3.8) is 0 Å². The van der Waals surface area contributed by atoms with Gasteiger partial charge in [-0.3, -0.25) is 9.78 Å². The Hall–Kier alpha value is -2.18. The fourth-order valence-electron chi connectivity index (χ4n) is 2.02. The summed E-state index contributed by atoms with van der Waals surface area (Å²) < 4.78 is 0.970. The van der Waals surface area contributed by atoms with E-state index in [1.807, 2.05) is 42.5 Å². The van der Waals surface area contributed by atoms with Crippen LogP contribution in [0.2, 0.25) is 5.02 Å². The Bertz CT molecular complexity index is 880. The van der Waals surface area contributed by atoms with E-state index in [1.54, 1.807) is 6.07 Å². The maximum atomic E-state index is 12.2. The van der Waals surface area contributed by atoms with E-state index < -0.39 is 0 Å². The summed E-state index contributed by atoms with van der Waals surface area (Å²) in [6, 6.07) is 14.8. The van der Waals surface area contributed by atoms with Crippen molar-refractivity contribution in [1.29, 1.82) is 0 Å². The first-order valence-electron chi connectivity index (χ1n) is 6.84. The van der Waals surface area contributed by atoms with Gasteiger partial charge in [-0.15, -0.1) is 10.2 Å². The Morgan fingerprint density at radius 1 is 1.09 bits per heavy atom. The summed E-state index contributed by atoms with van der Waals surface area (Å²) in [6.07, 6.45) is 0.334. The summed E-state index contributed by atoms with van der Waals surface area (Å²) in [4.78, 5) is 14.8. The second-order valence-electron chi connectivity index (χ2n) is 4.85. The Morgan fingerprint density at radius 3 is 2.52 bits per heavy atom. The smallest absolute Gasteiger partial charge is 0.274 e. The van der Waals surface area contributed by atoms with Gasteiger partial charge < -0.3 is 5.32 Å². The van der Waals surface area contributed by atoms with E-state index in [1.165, 1.54) is 0 Å². The molecule has 1 heterocycles. The number of hydrogen-bond acceptors (Lipinski definition) is 4. The first kappa shape index (κ1) is 15.7. The van der Waals surface area contributed by atoms with Crippen LogP contribution in [-0.2, 0) is 6.42 Å². The Balaban J connectivity index is 1.79. The summed E-state index contributed by atoms with van der Waals surface area (Å²) in [6.45, 7) is 0. The van der Waals surface area contributed by atoms with Gasteiger partial charge in [-0.2, -0.15) is 0 Å². The highest BCUT2D eigenvalue weighted by molar-refractivity contribution is 9.10. The lowest BCUT2D eigenvalue weighted by Gasteiger charge is -2.06. The number of nitrogens with one attached hydrogen (secondary N) is 2. The molecule has 0 fully saturated rings. The molecule has 3 rings (SSSR count). The zero-order chi connectivity index (χ0) is 16.2. The Labute approximate surface area is 145 Å². The lowest BCUT2D eigenvalue weighted by atomic mass is 10.1. The number of hydrogen-bond donors (Lipinski definition) is 2. The highest BCUT2D eigenvalue weighted by Gasteiger charge is 2.08. The van der Waals surface area contributed by atoms with Crippen LogP contribution in [0.3, 0.4) is 0 Å². The van der Waals surface area contributed by atoms with Crippen LogP contribution in [0.15, 0.2) is 57.8 Å². The van der Waals surface area contributed by atoms with Gasteiger partial charge in [-0.1, -0.05) is 45.7 Å². The average molecular weight is 392 g/mol. The minimum Gasteiger partial charge on any atom is -0.324 e. The first-order chi connectivity index (χ1) is 11.1. The lowest BCUT2D eigenvalue weighted by molar-refractivity contribution is 0.874. The zero-order valence-corrected chi connectivity index (χ0v) is 14.2. The van der Waals surface area contributed by atoms with E-state index in [0.29, 0.717) is 23.1 Å². The summed E-state index contributed by atoms with van der Waals surface area (Å²) in [5, 5.41) is 11.6. The maximum absolute atomic E-state index is 12.2. The summed E-state index contributed by atoms with van der Waals surface area (Å²) in [5.41, 5.74) is 1.67. The molecule has 0 bridgehead atoms. The fraction of sp³-hybridized carbons (Fsp3) is 0.0625. The highest BCUT2D eigenvalue weighted by atomic mass is 79.9. The van der Waals surface area contributed by atoms with Gasteiger partial charge in [0.25, 0.3) is 5.56 Å². The predicted octanol–water partition coefficient (Wildman–Crippen LogP) is 3.92. The topological polar surface area (TPSA) is 70.7 Å². The molecule has 1 aromatic heterocycles. The third kappa shape index (κ3) is 3.97. The molecular weight excluding hydrogens is 380 g/mol. The van der Waals surface area contributed by atoms with Gasteiger partial charge in [-0.25, -0.2) is 0 Å². The molecule has 3 aromatic rings. The van der Waals surface area contributed by atoms with Gasteiger partial charge in [-0.05, 0) is 35.9 Å². The van der Waals surface area contributed by atoms with Crippen molar-refractivity contribution in [1.82, 2.24) is 15.2 Å². The fourth-order valence-corrected chi connectivity index (χ4v) is 2.49. The number of nitrogens with zero attached hydrogens (tertiary/aromatic N) is 2. The van der Waals surface area contributed by atoms with E-state index in [-0.39, 0.29) is 5.56 Å². The molecule has 0 amide bonds. The predicted molar refractivity (Wildman–Crippen MR) is 94.3 cm³/mol. The van der Waals surface area contributed by atoms with Gasteiger partial charge in [0, 0.05) is 21.6 Å². The van der Waals surface area contributed by atoms with E-state index in [9.17, 15) is 4.79 Å². The van der Waals surface area contributed by atoms with Gasteiger partial charge in [0.2, 0.25) is 5.95 Å². The monoisotopic (exact) mass is 390 g/mol. The largest absolute Gasteiger partial charge is 0.324 e. The third-order valence-electron chi connectivity index (χ3n) is 3.19. The number of H-pyrrole nitrogens is 1. The second-order valence-corrected chi connectivity index (χ2v) is 6.17. The molecule has 5 nitrogen and oxygen atoms in total. The van der Waals surface area contributed by atoms with E-state index in [0.717, 1.165) is 15.7 Å². The zero-order valence-electron chi connectivity index (χ0n) is 11.9. The van der Waals surface area contributed by atoms with Crippen molar-refractivity contribution < 1.29 is 0 Å². The van der Waals surface area contributed by atoms with Crippen LogP contribution in [-0.4, -0.2) is 15.2 Å². The molecule has 0 unspecified atom stereocenters. The highest BCUT2D eigenvalue weighted by Crippen LogP contribution is 2.18. The molecule has 2 N–H and O–H groups in total. The third-order valence-corrected chi connectivity index (χ3v) is 4.08. The molecule has 116 valence electrons. The Morgan fingerprint density at radius 2 is 1.83 bits per heavy atom. The van der Waals surface area contributed by atoms with Crippen LogP contribution in [0.1, 0.15) is 11.3 Å². The molecule has 0 saturated heterocycles. The van der Waals surface area contributed by atoms with Crippen molar-refractivity contribution in [3.8, 4) is 0 Å². The lowest BCUT2D eigenvalue weighted by Crippen LogP contribution is -2.19. The average Bonchev–Trinajstić information content (AvgIpc) is 2.54. The first-order valence-corrected chi connectivity index (χ1v) is 8.01. The summed E-state index contributed by atoms with van der Waals surface area (Å²) in [5.74, 6) is 0.292. The number of aromatic nitrogens is 3. The molecule has 23 heavy (non-hydrogen) atoms. The molecule has 0 spiro atoms. The molecule has 2 aromatic carbocycles. The minimum atomic E-state index is -0.292. The molecular formula is C16H12BrClN4O. The van der Waals surface area contributed by atoms with Crippen molar-refractivity contribution in [2.45, 2.75) is 6.42 Å². The van der Waals surface area contributed by atoms with Crippen LogP contribution >= 0.6 is 27.5 Å². The normalized spacial score (nSPS) is 10.5. The molecule has 0 saturated carbocycles. The van der Waals surface area contributed by atoms with Crippen LogP contribution in [0.5, 0.6) is 0 Å². The van der Waals surface area contributed by atoms with Crippen LogP contribution in [0, 0.1) is 0 Å². The quantitative estimate of drug-likeness (QED) is 0.707. The van der Waals surface area contributed by atoms with Crippen LogP contribution < -0.4 is 10.9 Å². The molecule has 0 aliphatic heterocycles. The van der Waals surface area contributed by atoms with Gasteiger partial charge in [0.05, 0.1) is 0 Å². The van der Waals surface area contributed by atoms with Gasteiger partial charge in [0.1, 0.15) is 5.69 Å². The number of halogens is 2. The van der Waals surface area contributed by atoms with Crippen molar-refractivity contribution in [2.75, 3.05) is 5.32 Å². The maximum Gasteiger partial charge on any atom is 0.274 e. The van der Waals surface area contributed by atoms with Crippen LogP contribution in [0.25, 0.3) is 0 Å². The molecule has 0 radical (unpaired) electrons. The van der Waals surface area contributed by atoms with Crippen molar-refractivity contribution in [2.24, 2.45) is 0 Å². The number of rotatable bonds is 4. The standard InChI is InChI=1S/C16H12BrClN4O/c17-11-5-7-12(8-6-11)19-16-20-15(23)14(21-22-16)9-10-3-1-2-4-13(10)18/h1-8H,9H2,(H2,19,20,22,23). The summed E-state index contributed by atoms with van der Waals surface area (Å²) >= 11 is 9.47. The molecule has 0 aliphatic carbocycles. The second kappa shape index (κ2) is 6.93. The van der Waals surface area contributed by atoms with Crippen LogP contribution in [0.4, 0.5) is 11.6 Å². The SMILES string of the molecule is O=c1[nH]c(Nc2ccc(Br)cc2)nnc1Cc1ccccc1Cl. The number of anilines is 2. The summed E-state index contributed by atoms with van der Waals surface area (Å²) in [7, 11) is 0. The Kier molecular flexibility index (Phi) is 4.73. The molecule has 0 aliphatic rings. The molecule has 0 atom stereocenters. The van der Waals surface area contributed by atoms with Gasteiger partial charge >= 0.3 is 0 Å². The number of aromatic amines is 1. The van der Waals surface area contributed by atoms with Crippen molar-refractivity contribution >= 4 is 39.2 Å². The van der Waals surface area contributed by atoms with Crippen molar-refractivity contribution in [3.05, 3.63) is 79.6 Å². The van der Waals surface area contributed by atoms with Gasteiger partial charge in [0.15, 0.2) is 0 Å². The van der Waals surface area contributed by atoms with E-state index in [2.05, 4.69) is 36.4 Å². The minimum absolute atomic E-state index is 0.292. The van der Waals surface area contributed by atoms with E-state index in [4.69, 9.17) is 11.6 Å². The van der Waals surface area contributed by atoms with E-state index >= 15 is 0 Å². The molecule has 7 heteroatoms. The number of benzene rings is 2.